The van der Waals surface area contributed by atoms with Crippen molar-refractivity contribution in [3.05, 3.63) is 90.0 Å². The molecule has 0 aromatic heterocycles. The second-order valence-electron chi connectivity index (χ2n) is 6.44. The predicted molar refractivity (Wildman–Crippen MR) is 112 cm³/mol. The van der Waals surface area contributed by atoms with E-state index in [1.807, 2.05) is 54.6 Å². The van der Waals surface area contributed by atoms with Crippen LogP contribution in [0.25, 0.3) is 0 Å². The predicted octanol–water partition coefficient (Wildman–Crippen LogP) is 5.35. The molecule has 3 aromatic carbocycles. The molecule has 0 saturated carbocycles. The largest absolute Gasteiger partial charge is 0.494 e. The summed E-state index contributed by atoms with van der Waals surface area (Å²) in [7, 11) is 0. The summed E-state index contributed by atoms with van der Waals surface area (Å²) < 4.78 is 11.4. The molecule has 0 bridgehead atoms. The molecular formula is C24H25NO3. The van der Waals surface area contributed by atoms with Crippen LogP contribution in [0.2, 0.25) is 0 Å². The highest BCUT2D eigenvalue weighted by molar-refractivity contribution is 6.04. The van der Waals surface area contributed by atoms with E-state index in [2.05, 4.69) is 24.4 Å². The number of ether oxygens (including phenoxy) is 2. The molecule has 0 fully saturated rings. The van der Waals surface area contributed by atoms with Gasteiger partial charge in [-0.25, -0.2) is 0 Å². The van der Waals surface area contributed by atoms with E-state index in [1.165, 1.54) is 5.56 Å². The first kappa shape index (κ1) is 19.5. The smallest absolute Gasteiger partial charge is 0.255 e. The van der Waals surface area contributed by atoms with Crippen molar-refractivity contribution >= 4 is 11.6 Å². The number of hydrogen-bond donors (Lipinski definition) is 1. The average Bonchev–Trinajstić information content (AvgIpc) is 2.74. The van der Waals surface area contributed by atoms with Crippen molar-refractivity contribution in [3.63, 3.8) is 0 Å². The molecule has 4 nitrogen and oxygen atoms in total. The Morgan fingerprint density at radius 1 is 0.821 bits per heavy atom. The molecule has 144 valence electrons. The lowest BCUT2D eigenvalue weighted by atomic mass is 10.1. The fourth-order valence-electron chi connectivity index (χ4n) is 2.72. The van der Waals surface area contributed by atoms with Gasteiger partial charge in [0.1, 0.15) is 11.5 Å². The zero-order valence-electron chi connectivity index (χ0n) is 16.1. The van der Waals surface area contributed by atoms with Gasteiger partial charge < -0.3 is 14.8 Å². The zero-order chi connectivity index (χ0) is 19.6. The highest BCUT2D eigenvalue weighted by atomic mass is 16.5. The molecule has 0 aliphatic rings. The van der Waals surface area contributed by atoms with Gasteiger partial charge in [-0.1, -0.05) is 43.3 Å². The molecule has 4 heteroatoms. The molecular weight excluding hydrogens is 350 g/mol. The molecule has 0 spiro atoms. The van der Waals surface area contributed by atoms with E-state index in [-0.39, 0.29) is 5.91 Å². The lowest BCUT2D eigenvalue weighted by molar-refractivity contribution is 0.102. The number of hydrogen-bond acceptors (Lipinski definition) is 3. The number of carbonyl (C=O) groups excluding carboxylic acids is 1. The Balaban J connectivity index is 1.54. The Hall–Kier alpha value is -3.27. The van der Waals surface area contributed by atoms with E-state index in [4.69, 9.17) is 9.47 Å². The fraction of sp³-hybridized carbons (Fsp3) is 0.208. The Bertz CT molecular complexity index is 876. The summed E-state index contributed by atoms with van der Waals surface area (Å²) in [6.45, 7) is 3.31. The van der Waals surface area contributed by atoms with Gasteiger partial charge in [-0.15, -0.1) is 0 Å². The second kappa shape index (κ2) is 10.2. The van der Waals surface area contributed by atoms with Gasteiger partial charge in [-0.2, -0.15) is 0 Å². The second-order valence-corrected chi connectivity index (χ2v) is 6.44. The molecule has 0 aliphatic heterocycles. The number of amides is 1. The minimum Gasteiger partial charge on any atom is -0.494 e. The molecule has 0 saturated heterocycles. The molecule has 3 rings (SSSR count). The zero-order valence-corrected chi connectivity index (χ0v) is 16.1. The van der Waals surface area contributed by atoms with Crippen LogP contribution in [0.1, 0.15) is 29.3 Å². The minimum absolute atomic E-state index is 0.171. The Labute approximate surface area is 166 Å². The van der Waals surface area contributed by atoms with E-state index in [9.17, 15) is 4.79 Å². The maximum absolute atomic E-state index is 12.5. The van der Waals surface area contributed by atoms with Crippen LogP contribution in [0.5, 0.6) is 11.5 Å². The molecule has 0 radical (unpaired) electrons. The van der Waals surface area contributed by atoms with Crippen molar-refractivity contribution in [2.45, 2.75) is 19.8 Å². The summed E-state index contributed by atoms with van der Waals surface area (Å²) in [5.41, 5.74) is 2.51. The lowest BCUT2D eigenvalue weighted by Gasteiger charge is -2.10. The summed E-state index contributed by atoms with van der Waals surface area (Å²) in [6.07, 6.45) is 1.78. The van der Waals surface area contributed by atoms with Gasteiger partial charge in [-0.3, -0.25) is 4.79 Å². The Morgan fingerprint density at radius 2 is 1.57 bits per heavy atom. The van der Waals surface area contributed by atoms with Crippen LogP contribution in [-0.2, 0) is 6.42 Å². The van der Waals surface area contributed by atoms with Crippen LogP contribution in [0.15, 0.2) is 78.9 Å². The molecule has 28 heavy (non-hydrogen) atoms. The van der Waals surface area contributed by atoms with E-state index >= 15 is 0 Å². The Morgan fingerprint density at radius 3 is 2.32 bits per heavy atom. The summed E-state index contributed by atoms with van der Waals surface area (Å²) in [4.78, 5) is 12.5. The first-order valence-electron chi connectivity index (χ1n) is 9.55. The van der Waals surface area contributed by atoms with Gasteiger partial charge in [0, 0.05) is 17.7 Å². The maximum Gasteiger partial charge on any atom is 0.255 e. The van der Waals surface area contributed by atoms with Crippen LogP contribution < -0.4 is 14.8 Å². The fourth-order valence-corrected chi connectivity index (χ4v) is 2.72. The molecule has 3 aromatic rings. The molecule has 1 amide bonds. The highest BCUT2D eigenvalue weighted by Crippen LogP contribution is 2.18. The van der Waals surface area contributed by atoms with Gasteiger partial charge in [0.25, 0.3) is 5.91 Å². The van der Waals surface area contributed by atoms with Crippen molar-refractivity contribution in [1.82, 2.24) is 0 Å². The van der Waals surface area contributed by atoms with Gasteiger partial charge >= 0.3 is 0 Å². The quantitative estimate of drug-likeness (QED) is 0.548. The van der Waals surface area contributed by atoms with Gasteiger partial charge in [0.15, 0.2) is 0 Å². The number of anilines is 1. The van der Waals surface area contributed by atoms with Gasteiger partial charge in [-0.05, 0) is 54.4 Å². The van der Waals surface area contributed by atoms with Gasteiger partial charge in [0.2, 0.25) is 0 Å². The standard InChI is InChI=1S/C24H25NO3/c1-2-16-27-22-13-11-21(12-14-22)25-24(26)20-9-6-10-23(18-20)28-17-15-19-7-4-3-5-8-19/h3-14,18H,2,15-17H2,1H3,(H,25,26). The molecule has 0 atom stereocenters. The van der Waals surface area contributed by atoms with Crippen molar-refractivity contribution in [3.8, 4) is 11.5 Å². The van der Waals surface area contributed by atoms with Crippen LogP contribution in [-0.4, -0.2) is 19.1 Å². The third-order valence-corrected chi connectivity index (χ3v) is 4.18. The minimum atomic E-state index is -0.171. The number of rotatable bonds is 9. The van der Waals surface area contributed by atoms with Crippen LogP contribution in [0.3, 0.4) is 0 Å². The van der Waals surface area contributed by atoms with Crippen molar-refractivity contribution in [2.24, 2.45) is 0 Å². The first-order chi connectivity index (χ1) is 13.7. The third-order valence-electron chi connectivity index (χ3n) is 4.18. The van der Waals surface area contributed by atoms with Crippen LogP contribution in [0.4, 0.5) is 5.69 Å². The van der Waals surface area contributed by atoms with E-state index in [1.54, 1.807) is 12.1 Å². The van der Waals surface area contributed by atoms with E-state index in [0.717, 1.165) is 24.3 Å². The average molecular weight is 375 g/mol. The first-order valence-corrected chi connectivity index (χ1v) is 9.55. The normalized spacial score (nSPS) is 10.3. The SMILES string of the molecule is CCCOc1ccc(NC(=O)c2cccc(OCCc3ccccc3)c2)cc1. The summed E-state index contributed by atoms with van der Waals surface area (Å²) in [5, 5.41) is 2.90. The maximum atomic E-state index is 12.5. The highest BCUT2D eigenvalue weighted by Gasteiger charge is 2.08. The third kappa shape index (κ3) is 5.88. The lowest BCUT2D eigenvalue weighted by Crippen LogP contribution is -2.12. The summed E-state index contributed by atoms with van der Waals surface area (Å²) in [6, 6.07) is 24.8. The number of carbonyl (C=O) groups is 1. The topological polar surface area (TPSA) is 47.6 Å². The van der Waals surface area contributed by atoms with E-state index in [0.29, 0.717) is 24.5 Å². The number of benzene rings is 3. The number of nitrogens with one attached hydrogen (secondary N) is 1. The van der Waals surface area contributed by atoms with Crippen molar-refractivity contribution in [2.75, 3.05) is 18.5 Å². The van der Waals surface area contributed by atoms with Crippen LogP contribution in [0, 0.1) is 0 Å². The van der Waals surface area contributed by atoms with Crippen molar-refractivity contribution < 1.29 is 14.3 Å². The van der Waals surface area contributed by atoms with Crippen LogP contribution >= 0.6 is 0 Å². The Kier molecular flexibility index (Phi) is 7.08. The summed E-state index contributed by atoms with van der Waals surface area (Å²) in [5.74, 6) is 1.32. The van der Waals surface area contributed by atoms with Gasteiger partial charge in [0.05, 0.1) is 13.2 Å². The molecule has 1 N–H and O–H groups in total. The van der Waals surface area contributed by atoms with Crippen molar-refractivity contribution in [1.29, 1.82) is 0 Å². The molecule has 0 aliphatic carbocycles. The molecule has 0 heterocycles. The van der Waals surface area contributed by atoms with E-state index < -0.39 is 0 Å². The summed E-state index contributed by atoms with van der Waals surface area (Å²) >= 11 is 0. The molecule has 0 unspecified atom stereocenters. The monoisotopic (exact) mass is 375 g/mol.